The summed E-state index contributed by atoms with van der Waals surface area (Å²) in [6.07, 6.45) is 0. The zero-order valence-corrected chi connectivity index (χ0v) is 10.2. The van der Waals surface area contributed by atoms with Crippen LogP contribution in [-0.4, -0.2) is 20.7 Å². The molecule has 0 unspecified atom stereocenters. The topological polar surface area (TPSA) is 72.2 Å². The first kappa shape index (κ1) is 14.1. The van der Waals surface area contributed by atoms with Gasteiger partial charge in [0, 0.05) is 17.0 Å². The lowest BCUT2D eigenvalue weighted by Crippen LogP contribution is -2.28. The number of alkyl halides is 2. The van der Waals surface area contributed by atoms with Gasteiger partial charge in [0.1, 0.15) is 0 Å². The fraction of sp³-hybridized carbons (Fsp3) is 0.333. The van der Waals surface area contributed by atoms with Crippen LogP contribution in [-0.2, 0) is 16.6 Å². The van der Waals surface area contributed by atoms with E-state index in [0.717, 1.165) is 0 Å². The molecule has 0 radical (unpaired) electrons. The van der Waals surface area contributed by atoms with E-state index in [1.54, 1.807) is 11.4 Å². The zero-order valence-electron chi connectivity index (χ0n) is 8.61. The molecule has 1 aromatic rings. The number of hydrogen-bond acceptors (Lipinski definition) is 4. The van der Waals surface area contributed by atoms with Gasteiger partial charge in [0.05, 0.1) is 6.54 Å². The summed E-state index contributed by atoms with van der Waals surface area (Å²) < 4.78 is 47.6. The molecule has 1 aromatic heterocycles. The van der Waals surface area contributed by atoms with E-state index in [9.17, 15) is 17.2 Å². The Morgan fingerprint density at radius 1 is 1.53 bits per heavy atom. The molecule has 4 nitrogen and oxygen atoms in total. The molecule has 0 fully saturated rings. The maximum absolute atomic E-state index is 12.1. The molecular formula is C9H10F2N2O2S2. The molecule has 0 aliphatic heterocycles. The number of nitrogens with two attached hydrogens (primary N) is 1. The van der Waals surface area contributed by atoms with E-state index in [-0.39, 0.29) is 13.1 Å². The molecule has 0 aliphatic rings. The maximum atomic E-state index is 12.1. The van der Waals surface area contributed by atoms with E-state index in [1.165, 1.54) is 11.3 Å². The van der Waals surface area contributed by atoms with Gasteiger partial charge in [-0.1, -0.05) is 11.8 Å². The van der Waals surface area contributed by atoms with Crippen molar-refractivity contribution in [2.45, 2.75) is 12.3 Å². The second kappa shape index (κ2) is 6.07. The predicted molar refractivity (Wildman–Crippen MR) is 62.0 cm³/mol. The molecule has 0 atom stereocenters. The molecular weight excluding hydrogens is 270 g/mol. The van der Waals surface area contributed by atoms with E-state index in [1.807, 2.05) is 4.72 Å². The third-order valence-electron chi connectivity index (χ3n) is 1.74. The summed E-state index contributed by atoms with van der Waals surface area (Å²) in [5.74, 6) is 1.91. The number of rotatable bonds is 4. The number of thiophene rings is 1. The van der Waals surface area contributed by atoms with Crippen LogP contribution in [0.15, 0.2) is 11.4 Å². The van der Waals surface area contributed by atoms with Gasteiger partial charge >= 0.3 is 5.76 Å². The van der Waals surface area contributed by atoms with Crippen LogP contribution >= 0.6 is 11.3 Å². The smallest absolute Gasteiger partial charge is 0.320 e. The first-order valence-electron chi connectivity index (χ1n) is 4.49. The van der Waals surface area contributed by atoms with Crippen molar-refractivity contribution in [3.05, 3.63) is 21.9 Å². The predicted octanol–water partition coefficient (Wildman–Crippen LogP) is 0.700. The molecule has 94 valence electrons. The molecule has 1 rings (SSSR count). The van der Waals surface area contributed by atoms with E-state index in [2.05, 4.69) is 11.8 Å². The molecule has 0 aliphatic carbocycles. The Morgan fingerprint density at radius 2 is 2.24 bits per heavy atom. The van der Waals surface area contributed by atoms with Crippen molar-refractivity contribution in [1.82, 2.24) is 4.72 Å². The standard InChI is InChI=1S/C9H10F2N2O2S2/c10-9(11)17(14,15)13-6-8-7(2-1-4-12)3-5-16-8/h3,5,9,13H,4,6,12H2. The van der Waals surface area contributed by atoms with Gasteiger partial charge in [0.15, 0.2) is 0 Å². The largest absolute Gasteiger partial charge is 0.350 e. The second-order valence-corrected chi connectivity index (χ2v) is 5.63. The van der Waals surface area contributed by atoms with E-state index in [0.29, 0.717) is 10.4 Å². The molecule has 0 bridgehead atoms. The van der Waals surface area contributed by atoms with Gasteiger partial charge in [-0.15, -0.1) is 11.3 Å². The fourth-order valence-electron chi connectivity index (χ4n) is 0.964. The Balaban J connectivity index is 2.74. The summed E-state index contributed by atoms with van der Waals surface area (Å²) in [5, 5.41) is 1.70. The Labute approximate surface area is 102 Å². The van der Waals surface area contributed by atoms with Crippen molar-refractivity contribution >= 4 is 21.4 Å². The van der Waals surface area contributed by atoms with Gasteiger partial charge in [-0.25, -0.2) is 13.1 Å². The number of nitrogens with one attached hydrogen (secondary N) is 1. The highest BCUT2D eigenvalue weighted by Crippen LogP contribution is 2.16. The van der Waals surface area contributed by atoms with Crippen LogP contribution in [0.4, 0.5) is 8.78 Å². The van der Waals surface area contributed by atoms with E-state index < -0.39 is 15.8 Å². The van der Waals surface area contributed by atoms with Crippen LogP contribution in [0.25, 0.3) is 0 Å². The second-order valence-electron chi connectivity index (χ2n) is 2.89. The summed E-state index contributed by atoms with van der Waals surface area (Å²) >= 11 is 1.24. The lowest BCUT2D eigenvalue weighted by Gasteiger charge is -2.04. The molecule has 0 amide bonds. The summed E-state index contributed by atoms with van der Waals surface area (Å²) in [6.45, 7) is -0.0169. The minimum atomic E-state index is -4.56. The first-order chi connectivity index (χ1) is 7.97. The highest BCUT2D eigenvalue weighted by atomic mass is 32.2. The normalized spacial score (nSPS) is 11.3. The first-order valence-corrected chi connectivity index (χ1v) is 6.92. The van der Waals surface area contributed by atoms with E-state index >= 15 is 0 Å². The van der Waals surface area contributed by atoms with Crippen molar-refractivity contribution in [2.24, 2.45) is 5.73 Å². The van der Waals surface area contributed by atoms with Gasteiger partial charge < -0.3 is 5.73 Å². The molecule has 17 heavy (non-hydrogen) atoms. The van der Waals surface area contributed by atoms with Crippen LogP contribution in [0.2, 0.25) is 0 Å². The molecule has 0 saturated carbocycles. The number of halogens is 2. The number of sulfonamides is 1. The quantitative estimate of drug-likeness (QED) is 0.797. The Kier molecular flexibility index (Phi) is 5.02. The molecule has 3 N–H and O–H groups in total. The molecule has 8 heteroatoms. The van der Waals surface area contributed by atoms with Gasteiger partial charge in [-0.2, -0.15) is 8.78 Å². The third kappa shape index (κ3) is 4.05. The average Bonchev–Trinajstić information content (AvgIpc) is 2.71. The van der Waals surface area contributed by atoms with Crippen LogP contribution in [0.1, 0.15) is 10.4 Å². The highest BCUT2D eigenvalue weighted by molar-refractivity contribution is 7.89. The Bertz CT molecular complexity index is 529. The van der Waals surface area contributed by atoms with Crippen LogP contribution in [0, 0.1) is 11.8 Å². The minimum Gasteiger partial charge on any atom is -0.320 e. The lowest BCUT2D eigenvalue weighted by molar-refractivity contribution is 0.232. The van der Waals surface area contributed by atoms with Crippen molar-refractivity contribution in [1.29, 1.82) is 0 Å². The summed E-state index contributed by atoms with van der Waals surface area (Å²) in [5.41, 5.74) is 5.79. The zero-order chi connectivity index (χ0) is 12.9. The molecule has 1 heterocycles. The summed E-state index contributed by atoms with van der Waals surface area (Å²) in [7, 11) is -4.56. The van der Waals surface area contributed by atoms with Gasteiger partial charge in [-0.05, 0) is 11.4 Å². The fourth-order valence-corrected chi connectivity index (χ4v) is 2.30. The molecule has 0 saturated heterocycles. The monoisotopic (exact) mass is 280 g/mol. The molecule has 0 spiro atoms. The summed E-state index contributed by atoms with van der Waals surface area (Å²) in [4.78, 5) is 0.579. The highest BCUT2D eigenvalue weighted by Gasteiger charge is 2.23. The molecule has 0 aromatic carbocycles. The Hall–Kier alpha value is -1.01. The van der Waals surface area contributed by atoms with Crippen LogP contribution in [0.3, 0.4) is 0 Å². The van der Waals surface area contributed by atoms with Gasteiger partial charge in [0.25, 0.3) is 10.0 Å². The SMILES string of the molecule is NCC#Cc1ccsc1CNS(=O)(=O)C(F)F. The lowest BCUT2D eigenvalue weighted by atomic mass is 10.2. The van der Waals surface area contributed by atoms with Gasteiger partial charge in [-0.3, -0.25) is 0 Å². The van der Waals surface area contributed by atoms with Crippen LogP contribution in [0.5, 0.6) is 0 Å². The minimum absolute atomic E-state index is 0.179. The van der Waals surface area contributed by atoms with Crippen LogP contribution < -0.4 is 10.5 Å². The van der Waals surface area contributed by atoms with Crippen molar-refractivity contribution in [3.63, 3.8) is 0 Å². The van der Waals surface area contributed by atoms with Crippen molar-refractivity contribution in [3.8, 4) is 11.8 Å². The maximum Gasteiger partial charge on any atom is 0.350 e. The third-order valence-corrected chi connectivity index (χ3v) is 3.68. The van der Waals surface area contributed by atoms with Crippen molar-refractivity contribution in [2.75, 3.05) is 6.54 Å². The van der Waals surface area contributed by atoms with E-state index in [4.69, 9.17) is 5.73 Å². The van der Waals surface area contributed by atoms with Crippen molar-refractivity contribution < 1.29 is 17.2 Å². The Morgan fingerprint density at radius 3 is 2.82 bits per heavy atom. The summed E-state index contributed by atoms with van der Waals surface area (Å²) in [6, 6.07) is 1.68. The average molecular weight is 280 g/mol. The number of hydrogen-bond donors (Lipinski definition) is 2. The van der Waals surface area contributed by atoms with Gasteiger partial charge in [0.2, 0.25) is 0 Å².